The first-order valence-corrected chi connectivity index (χ1v) is 6.18. The number of carbonyl (C=O) groups is 1. The molecule has 0 saturated carbocycles. The molecule has 3 N–H and O–H groups in total. The van der Waals surface area contributed by atoms with Crippen LogP contribution in [0.3, 0.4) is 0 Å². The van der Waals surface area contributed by atoms with Gasteiger partial charge in [-0.15, -0.1) is 0 Å². The molecule has 1 rings (SSSR count). The largest absolute Gasteiger partial charge is 0.444 e. The molecule has 1 unspecified atom stereocenters. The third-order valence-corrected chi connectivity index (χ3v) is 2.51. The first-order chi connectivity index (χ1) is 8.29. The summed E-state index contributed by atoms with van der Waals surface area (Å²) in [4.78, 5) is 15.3. The molecule has 1 aliphatic rings. The molecule has 0 spiro atoms. The van der Waals surface area contributed by atoms with E-state index in [4.69, 9.17) is 10.5 Å². The van der Waals surface area contributed by atoms with Crippen LogP contribution in [0.2, 0.25) is 0 Å². The van der Waals surface area contributed by atoms with Gasteiger partial charge in [0.25, 0.3) is 0 Å². The Balaban J connectivity index is 2.12. The number of rotatable bonds is 4. The summed E-state index contributed by atoms with van der Waals surface area (Å²) in [6, 6.07) is 0. The van der Waals surface area contributed by atoms with E-state index >= 15 is 0 Å². The van der Waals surface area contributed by atoms with Crippen molar-refractivity contribution in [2.75, 3.05) is 20.1 Å². The molecule has 0 aromatic rings. The summed E-state index contributed by atoms with van der Waals surface area (Å²) in [5.74, 6) is 0. The average Bonchev–Trinajstić information content (AvgIpc) is 2.53. The summed E-state index contributed by atoms with van der Waals surface area (Å²) in [5, 5.41) is 2.72. The van der Waals surface area contributed by atoms with Gasteiger partial charge < -0.3 is 19.9 Å². The van der Waals surface area contributed by atoms with Gasteiger partial charge in [0.2, 0.25) is 0 Å². The molecule has 0 aliphatic carbocycles. The average molecular weight is 256 g/mol. The number of ether oxygens (including phenoxy) is 1. The number of alkyl carbamates (subject to hydrolysis) is 1. The minimum atomic E-state index is -0.452. The fourth-order valence-electron chi connectivity index (χ4n) is 1.57. The van der Waals surface area contributed by atoms with E-state index in [2.05, 4.69) is 5.32 Å². The van der Waals surface area contributed by atoms with Crippen LogP contribution in [-0.4, -0.2) is 47.9 Å². The second-order valence-electron chi connectivity index (χ2n) is 5.40. The highest BCUT2D eigenvalue weighted by molar-refractivity contribution is 5.67. The molecule has 104 valence electrons. The molecule has 0 aromatic carbocycles. The number of nitrogens with two attached hydrogens (primary N) is 1. The maximum atomic E-state index is 11.4. The molecule has 6 nitrogen and oxygen atoms in total. The van der Waals surface area contributed by atoms with E-state index in [0.717, 1.165) is 13.0 Å². The van der Waals surface area contributed by atoms with Gasteiger partial charge >= 0.3 is 6.09 Å². The minimum Gasteiger partial charge on any atom is -0.444 e. The van der Waals surface area contributed by atoms with Crippen molar-refractivity contribution in [3.05, 3.63) is 12.4 Å². The highest BCUT2D eigenvalue weighted by Gasteiger charge is 2.19. The molecule has 1 atom stereocenters. The molecular formula is C12H24N4O2. The quantitative estimate of drug-likeness (QED) is 0.730. The van der Waals surface area contributed by atoms with Crippen LogP contribution in [0.5, 0.6) is 0 Å². The molecule has 0 aromatic heterocycles. The fraction of sp³-hybridized carbons (Fsp3) is 0.750. The molecule has 6 heteroatoms. The van der Waals surface area contributed by atoms with Crippen LogP contribution in [0.15, 0.2) is 12.4 Å². The van der Waals surface area contributed by atoms with Crippen molar-refractivity contribution in [1.82, 2.24) is 15.1 Å². The van der Waals surface area contributed by atoms with E-state index in [-0.39, 0.29) is 12.4 Å². The predicted molar refractivity (Wildman–Crippen MR) is 70.4 cm³/mol. The summed E-state index contributed by atoms with van der Waals surface area (Å²) in [6.07, 6.45) is 4.24. The number of hydrogen-bond donors (Lipinski definition) is 2. The van der Waals surface area contributed by atoms with Gasteiger partial charge in [-0.05, 0) is 27.2 Å². The van der Waals surface area contributed by atoms with Crippen LogP contribution in [0.4, 0.5) is 4.79 Å². The number of amides is 1. The molecule has 1 heterocycles. The van der Waals surface area contributed by atoms with Crippen LogP contribution < -0.4 is 11.1 Å². The second kappa shape index (κ2) is 5.95. The summed E-state index contributed by atoms with van der Waals surface area (Å²) in [5.41, 5.74) is 5.47. The van der Waals surface area contributed by atoms with E-state index in [1.54, 1.807) is 0 Å². The molecule has 1 amide bonds. The molecule has 1 aliphatic heterocycles. The summed E-state index contributed by atoms with van der Waals surface area (Å²) >= 11 is 0. The molecule has 0 radical (unpaired) electrons. The highest BCUT2D eigenvalue weighted by atomic mass is 16.6. The van der Waals surface area contributed by atoms with Crippen molar-refractivity contribution < 1.29 is 9.53 Å². The van der Waals surface area contributed by atoms with Gasteiger partial charge in [0.15, 0.2) is 6.29 Å². The maximum Gasteiger partial charge on any atom is 0.407 e. The number of nitrogens with zero attached hydrogens (tertiary/aromatic N) is 2. The normalized spacial score (nSPS) is 19.3. The molecular weight excluding hydrogens is 232 g/mol. The number of hydrogen-bond acceptors (Lipinski definition) is 5. The van der Waals surface area contributed by atoms with E-state index in [1.165, 1.54) is 0 Å². The number of nitrogens with one attached hydrogen (secondary N) is 1. The van der Waals surface area contributed by atoms with Gasteiger partial charge in [-0.1, -0.05) is 0 Å². The van der Waals surface area contributed by atoms with Gasteiger partial charge in [0.1, 0.15) is 5.60 Å². The Hall–Kier alpha value is -1.43. The summed E-state index contributed by atoms with van der Waals surface area (Å²) in [6.45, 7) is 6.91. The minimum absolute atomic E-state index is 0.105. The van der Waals surface area contributed by atoms with Crippen molar-refractivity contribution >= 4 is 6.09 Å². The second-order valence-corrected chi connectivity index (χ2v) is 5.40. The van der Waals surface area contributed by atoms with Gasteiger partial charge in [-0.2, -0.15) is 0 Å². The number of carbonyl (C=O) groups excluding carboxylic acids is 1. The van der Waals surface area contributed by atoms with Gasteiger partial charge in [0.05, 0.1) is 0 Å². The lowest BCUT2D eigenvalue weighted by Gasteiger charge is -2.26. The predicted octanol–water partition coefficient (Wildman–Crippen LogP) is 0.862. The molecule has 0 fully saturated rings. The zero-order valence-corrected chi connectivity index (χ0v) is 11.6. The van der Waals surface area contributed by atoms with Crippen molar-refractivity contribution in [2.45, 2.75) is 39.1 Å². The van der Waals surface area contributed by atoms with Crippen molar-refractivity contribution in [2.24, 2.45) is 5.73 Å². The van der Waals surface area contributed by atoms with Crippen molar-refractivity contribution in [1.29, 1.82) is 0 Å². The van der Waals surface area contributed by atoms with E-state index in [9.17, 15) is 4.79 Å². The first kappa shape index (κ1) is 14.6. The third-order valence-electron chi connectivity index (χ3n) is 2.51. The smallest absolute Gasteiger partial charge is 0.407 e. The third kappa shape index (κ3) is 4.83. The monoisotopic (exact) mass is 256 g/mol. The molecule has 0 bridgehead atoms. The SMILES string of the molecule is CN1C=CN(CCCNC(=O)OC(C)(C)C)C1N. The van der Waals surface area contributed by atoms with Crippen LogP contribution in [0.25, 0.3) is 0 Å². The van der Waals surface area contributed by atoms with E-state index in [1.807, 2.05) is 50.0 Å². The Kier molecular flexibility index (Phi) is 4.84. The summed E-state index contributed by atoms with van der Waals surface area (Å²) in [7, 11) is 1.93. The lowest BCUT2D eigenvalue weighted by molar-refractivity contribution is 0.0525. The van der Waals surface area contributed by atoms with Gasteiger partial charge in [-0.25, -0.2) is 4.79 Å². The van der Waals surface area contributed by atoms with Crippen LogP contribution in [0.1, 0.15) is 27.2 Å². The standard InChI is InChI=1S/C12H24N4O2/c1-12(2,3)18-11(17)14-6-5-7-16-9-8-15(4)10(16)13/h8-10H,5-7,13H2,1-4H3,(H,14,17). The maximum absolute atomic E-state index is 11.4. The van der Waals surface area contributed by atoms with Gasteiger partial charge in [0, 0.05) is 32.5 Å². The molecule has 0 saturated heterocycles. The highest BCUT2D eigenvalue weighted by Crippen LogP contribution is 2.09. The van der Waals surface area contributed by atoms with Crippen LogP contribution in [-0.2, 0) is 4.74 Å². The Morgan fingerprint density at radius 1 is 1.44 bits per heavy atom. The van der Waals surface area contributed by atoms with E-state index in [0.29, 0.717) is 6.54 Å². The lowest BCUT2D eigenvalue weighted by atomic mass is 10.2. The first-order valence-electron chi connectivity index (χ1n) is 6.18. The topological polar surface area (TPSA) is 70.8 Å². The lowest BCUT2D eigenvalue weighted by Crippen LogP contribution is -2.44. The zero-order valence-electron chi connectivity index (χ0n) is 11.6. The molecule has 18 heavy (non-hydrogen) atoms. The fourth-order valence-corrected chi connectivity index (χ4v) is 1.57. The Morgan fingerprint density at radius 3 is 2.61 bits per heavy atom. The Morgan fingerprint density at radius 2 is 2.11 bits per heavy atom. The summed E-state index contributed by atoms with van der Waals surface area (Å²) < 4.78 is 5.14. The van der Waals surface area contributed by atoms with Crippen LogP contribution >= 0.6 is 0 Å². The van der Waals surface area contributed by atoms with Gasteiger partial charge in [-0.3, -0.25) is 5.73 Å². The van der Waals surface area contributed by atoms with Crippen molar-refractivity contribution in [3.8, 4) is 0 Å². The van der Waals surface area contributed by atoms with E-state index < -0.39 is 5.60 Å². The Bertz CT molecular complexity index is 312. The zero-order chi connectivity index (χ0) is 13.8. The van der Waals surface area contributed by atoms with Crippen LogP contribution in [0, 0.1) is 0 Å². The Labute approximate surface area is 109 Å². The van der Waals surface area contributed by atoms with Crippen molar-refractivity contribution in [3.63, 3.8) is 0 Å².